The Hall–Kier alpha value is -1.55. The number of carbonyl (C=O) groups excluding carboxylic acids is 1. The highest BCUT2D eigenvalue weighted by Gasteiger charge is 2.51. The molecule has 130 valence electrons. The Morgan fingerprint density at radius 1 is 1.04 bits per heavy atom. The van der Waals surface area contributed by atoms with Crippen LogP contribution in [0.4, 0.5) is 0 Å². The highest BCUT2D eigenvalue weighted by molar-refractivity contribution is 9.10. The fourth-order valence-electron chi connectivity index (χ4n) is 6.12. The number of halogens is 1. The first-order chi connectivity index (χ1) is 12.0. The van der Waals surface area contributed by atoms with Gasteiger partial charge in [0.2, 0.25) is 0 Å². The van der Waals surface area contributed by atoms with Crippen LogP contribution in [-0.2, 0) is 5.41 Å². The lowest BCUT2D eigenvalue weighted by atomic mass is 9.48. The molecule has 2 N–H and O–H groups in total. The average Bonchev–Trinajstić information content (AvgIpc) is 3.03. The van der Waals surface area contributed by atoms with Crippen molar-refractivity contribution in [1.82, 2.24) is 0 Å². The quantitative estimate of drug-likeness (QED) is 0.763. The molecule has 0 atom stereocenters. The number of rotatable bonds is 3. The summed E-state index contributed by atoms with van der Waals surface area (Å²) < 4.78 is 6.63. The summed E-state index contributed by atoms with van der Waals surface area (Å²) in [5.41, 5.74) is 8.13. The lowest BCUT2D eigenvalue weighted by Gasteiger charge is -2.57. The van der Waals surface area contributed by atoms with E-state index < -0.39 is 5.91 Å². The highest BCUT2D eigenvalue weighted by atomic mass is 79.9. The molecule has 4 saturated carbocycles. The Kier molecular flexibility index (Phi) is 3.43. The molecule has 4 aliphatic carbocycles. The van der Waals surface area contributed by atoms with Crippen molar-refractivity contribution in [2.24, 2.45) is 23.5 Å². The van der Waals surface area contributed by atoms with Crippen LogP contribution in [0.2, 0.25) is 0 Å². The topological polar surface area (TPSA) is 56.2 Å². The zero-order valence-electron chi connectivity index (χ0n) is 14.1. The van der Waals surface area contributed by atoms with Gasteiger partial charge in [-0.2, -0.15) is 0 Å². The van der Waals surface area contributed by atoms with Crippen LogP contribution < -0.4 is 5.73 Å². The Bertz CT molecular complexity index is 818. The third kappa shape index (κ3) is 2.49. The van der Waals surface area contributed by atoms with Crippen molar-refractivity contribution in [3.8, 4) is 11.3 Å². The number of furan rings is 1. The number of primary amides is 1. The fourth-order valence-corrected chi connectivity index (χ4v) is 6.70. The van der Waals surface area contributed by atoms with Crippen LogP contribution in [-0.4, -0.2) is 5.91 Å². The summed E-state index contributed by atoms with van der Waals surface area (Å²) in [5, 5.41) is 0. The van der Waals surface area contributed by atoms with E-state index in [0.717, 1.165) is 27.8 Å². The molecule has 1 aromatic carbocycles. The minimum Gasteiger partial charge on any atom is -0.451 e. The molecule has 0 unspecified atom stereocenters. The SMILES string of the molecule is NC(=O)c1ccc(-c2ccc(C34CC5CC(CC(C5)C3)C4)cc2Br)o1. The summed E-state index contributed by atoms with van der Waals surface area (Å²) in [6.45, 7) is 0. The third-order valence-corrected chi connectivity index (χ3v) is 7.39. The first kappa shape index (κ1) is 15.7. The second kappa shape index (κ2) is 5.47. The predicted molar refractivity (Wildman–Crippen MR) is 100 cm³/mol. The summed E-state index contributed by atoms with van der Waals surface area (Å²) in [7, 11) is 0. The molecule has 2 aromatic rings. The third-order valence-electron chi connectivity index (χ3n) is 6.73. The monoisotopic (exact) mass is 399 g/mol. The molecule has 4 bridgehead atoms. The van der Waals surface area contributed by atoms with E-state index in [4.69, 9.17) is 10.2 Å². The van der Waals surface area contributed by atoms with Crippen molar-refractivity contribution in [2.45, 2.75) is 43.9 Å². The van der Waals surface area contributed by atoms with E-state index in [1.807, 2.05) is 6.07 Å². The zero-order chi connectivity index (χ0) is 17.2. The van der Waals surface area contributed by atoms with Gasteiger partial charge in [-0.25, -0.2) is 0 Å². The van der Waals surface area contributed by atoms with E-state index in [1.54, 1.807) is 6.07 Å². The van der Waals surface area contributed by atoms with E-state index in [-0.39, 0.29) is 5.76 Å². The van der Waals surface area contributed by atoms with Gasteiger partial charge in [-0.1, -0.05) is 22.0 Å². The number of nitrogens with two attached hydrogens (primary N) is 1. The molecule has 0 spiro atoms. The number of amides is 1. The van der Waals surface area contributed by atoms with Gasteiger partial charge >= 0.3 is 0 Å². The largest absolute Gasteiger partial charge is 0.451 e. The zero-order valence-corrected chi connectivity index (χ0v) is 15.7. The van der Waals surface area contributed by atoms with E-state index in [0.29, 0.717) is 11.2 Å². The average molecular weight is 400 g/mol. The van der Waals surface area contributed by atoms with Crippen LogP contribution in [0.1, 0.15) is 54.6 Å². The molecule has 6 rings (SSSR count). The lowest BCUT2D eigenvalue weighted by molar-refractivity contribution is -0.00520. The van der Waals surface area contributed by atoms with E-state index in [1.165, 1.54) is 44.1 Å². The van der Waals surface area contributed by atoms with E-state index in [2.05, 4.69) is 34.1 Å². The highest BCUT2D eigenvalue weighted by Crippen LogP contribution is 2.61. The first-order valence-electron chi connectivity index (χ1n) is 9.22. The molecule has 4 fully saturated rings. The molecule has 0 aliphatic heterocycles. The number of carbonyl (C=O) groups is 1. The molecule has 0 saturated heterocycles. The maximum Gasteiger partial charge on any atom is 0.284 e. The molecule has 4 heteroatoms. The second-order valence-corrected chi connectivity index (χ2v) is 9.27. The van der Waals surface area contributed by atoms with Gasteiger partial charge in [-0.3, -0.25) is 4.79 Å². The van der Waals surface area contributed by atoms with Crippen LogP contribution in [0.5, 0.6) is 0 Å². The maximum absolute atomic E-state index is 11.3. The van der Waals surface area contributed by atoms with Gasteiger partial charge in [0.25, 0.3) is 5.91 Å². The number of benzene rings is 1. The van der Waals surface area contributed by atoms with Gasteiger partial charge in [-0.05, 0) is 91.5 Å². The number of hydrogen-bond acceptors (Lipinski definition) is 2. The lowest BCUT2D eigenvalue weighted by Crippen LogP contribution is -2.48. The van der Waals surface area contributed by atoms with Gasteiger partial charge in [0, 0.05) is 10.0 Å². The van der Waals surface area contributed by atoms with Gasteiger partial charge in [-0.15, -0.1) is 0 Å². The van der Waals surface area contributed by atoms with Crippen LogP contribution in [0.15, 0.2) is 39.2 Å². The van der Waals surface area contributed by atoms with Gasteiger partial charge in [0.15, 0.2) is 5.76 Å². The molecular formula is C21H22BrNO2. The first-order valence-corrected chi connectivity index (χ1v) is 10.0. The van der Waals surface area contributed by atoms with E-state index in [9.17, 15) is 4.79 Å². The molecule has 1 heterocycles. The van der Waals surface area contributed by atoms with Crippen LogP contribution in [0, 0.1) is 17.8 Å². The fraction of sp³-hybridized carbons (Fsp3) is 0.476. The van der Waals surface area contributed by atoms with Crippen molar-refractivity contribution < 1.29 is 9.21 Å². The maximum atomic E-state index is 11.3. The van der Waals surface area contributed by atoms with Crippen molar-refractivity contribution >= 4 is 21.8 Å². The minimum atomic E-state index is -0.535. The Morgan fingerprint density at radius 2 is 1.68 bits per heavy atom. The summed E-state index contributed by atoms with van der Waals surface area (Å²) in [4.78, 5) is 11.3. The molecule has 3 nitrogen and oxygen atoms in total. The van der Waals surface area contributed by atoms with Gasteiger partial charge < -0.3 is 10.2 Å². The standard InChI is InChI=1S/C21H22BrNO2/c22-17-8-15(1-2-16(17)18-3-4-19(25-18)20(23)24)21-9-12-5-13(10-21)7-14(6-12)11-21/h1-4,8,12-14H,5-7,9-11H2,(H2,23,24). The normalized spacial score (nSPS) is 32.9. The number of hydrogen-bond donors (Lipinski definition) is 1. The van der Waals surface area contributed by atoms with E-state index >= 15 is 0 Å². The molecule has 25 heavy (non-hydrogen) atoms. The molecule has 0 radical (unpaired) electrons. The molecule has 1 amide bonds. The predicted octanol–water partition coefficient (Wildman–Crippen LogP) is 5.28. The Morgan fingerprint density at radius 3 is 2.20 bits per heavy atom. The van der Waals surface area contributed by atoms with Gasteiger partial charge in [0.1, 0.15) is 5.76 Å². The van der Waals surface area contributed by atoms with Crippen molar-refractivity contribution in [1.29, 1.82) is 0 Å². The van der Waals surface area contributed by atoms with Crippen molar-refractivity contribution in [2.75, 3.05) is 0 Å². The molecule has 4 aliphatic rings. The van der Waals surface area contributed by atoms with Crippen molar-refractivity contribution in [3.63, 3.8) is 0 Å². The molecular weight excluding hydrogens is 378 g/mol. The van der Waals surface area contributed by atoms with Crippen molar-refractivity contribution in [3.05, 3.63) is 46.1 Å². The summed E-state index contributed by atoms with van der Waals surface area (Å²) >= 11 is 3.73. The van der Waals surface area contributed by atoms with Gasteiger partial charge in [0.05, 0.1) is 0 Å². The Labute approximate surface area is 156 Å². The molecule has 1 aromatic heterocycles. The Balaban J connectivity index is 1.50. The summed E-state index contributed by atoms with van der Waals surface area (Å²) in [6, 6.07) is 10.1. The summed E-state index contributed by atoms with van der Waals surface area (Å²) in [6.07, 6.45) is 8.45. The minimum absolute atomic E-state index is 0.201. The van der Waals surface area contributed by atoms with Crippen LogP contribution in [0.3, 0.4) is 0 Å². The second-order valence-electron chi connectivity index (χ2n) is 8.42. The summed E-state index contributed by atoms with van der Waals surface area (Å²) in [5.74, 6) is 3.16. The van der Waals surface area contributed by atoms with Crippen LogP contribution in [0.25, 0.3) is 11.3 Å². The smallest absolute Gasteiger partial charge is 0.284 e. The van der Waals surface area contributed by atoms with Crippen LogP contribution >= 0.6 is 15.9 Å².